The molecule has 0 aromatic heterocycles. The van der Waals surface area contributed by atoms with Gasteiger partial charge in [0.25, 0.3) is 0 Å². The molecular formula is C19H26N2O3. The number of nitrogens with zero attached hydrogens (tertiary/aromatic N) is 2. The second-order valence-corrected chi connectivity index (χ2v) is 7.40. The molecule has 3 rings (SSSR count). The maximum Gasteiger partial charge on any atom is 0.311 e. The lowest BCUT2D eigenvalue weighted by atomic mass is 9.81. The van der Waals surface area contributed by atoms with Crippen molar-refractivity contribution in [2.24, 2.45) is 11.3 Å². The normalized spacial score (nSPS) is 26.3. The van der Waals surface area contributed by atoms with Crippen molar-refractivity contribution in [3.8, 4) is 0 Å². The van der Waals surface area contributed by atoms with Crippen LogP contribution in [0.2, 0.25) is 0 Å². The number of carboxylic acids is 1. The molecule has 5 heteroatoms. The molecule has 2 fully saturated rings. The Labute approximate surface area is 143 Å². The van der Waals surface area contributed by atoms with E-state index in [1.807, 2.05) is 43.1 Å². The van der Waals surface area contributed by atoms with Crippen molar-refractivity contribution < 1.29 is 14.7 Å². The fourth-order valence-electron chi connectivity index (χ4n) is 4.31. The van der Waals surface area contributed by atoms with Crippen LogP contribution in [0, 0.1) is 18.3 Å². The molecule has 1 saturated heterocycles. The van der Waals surface area contributed by atoms with Crippen molar-refractivity contribution in [2.75, 3.05) is 26.7 Å². The van der Waals surface area contributed by atoms with Crippen LogP contribution in [0.5, 0.6) is 0 Å². The highest BCUT2D eigenvalue weighted by Crippen LogP contribution is 2.48. The van der Waals surface area contributed by atoms with Crippen LogP contribution in [0.3, 0.4) is 0 Å². The number of aryl methyl sites for hydroxylation is 1. The second-order valence-electron chi connectivity index (χ2n) is 7.40. The molecule has 0 unspecified atom stereocenters. The quantitative estimate of drug-likeness (QED) is 0.898. The highest BCUT2D eigenvalue weighted by Gasteiger charge is 2.54. The fraction of sp³-hybridized carbons (Fsp3) is 0.579. The van der Waals surface area contributed by atoms with Gasteiger partial charge >= 0.3 is 5.97 Å². The van der Waals surface area contributed by atoms with Crippen LogP contribution in [-0.2, 0) is 16.1 Å². The number of likely N-dealkylation sites (N-methyl/N-ethyl adjacent to an activating group) is 1. The zero-order valence-electron chi connectivity index (χ0n) is 14.5. The molecular weight excluding hydrogens is 304 g/mol. The molecule has 1 aliphatic carbocycles. The third-order valence-corrected chi connectivity index (χ3v) is 5.82. The van der Waals surface area contributed by atoms with Crippen molar-refractivity contribution in [1.29, 1.82) is 0 Å². The molecule has 0 radical (unpaired) electrons. The summed E-state index contributed by atoms with van der Waals surface area (Å²) in [6.45, 7) is 4.19. The molecule has 1 N–H and O–H groups in total. The number of benzene rings is 1. The van der Waals surface area contributed by atoms with Crippen molar-refractivity contribution >= 4 is 11.9 Å². The lowest BCUT2D eigenvalue weighted by molar-refractivity contribution is -0.149. The highest BCUT2D eigenvalue weighted by molar-refractivity contribution is 5.79. The van der Waals surface area contributed by atoms with Gasteiger partial charge in [0.15, 0.2) is 0 Å². The number of carboxylic acid groups (broad SMARTS) is 1. The Kier molecular flexibility index (Phi) is 4.63. The maximum absolute atomic E-state index is 12.5. The minimum absolute atomic E-state index is 0.0544. The van der Waals surface area contributed by atoms with E-state index in [-0.39, 0.29) is 11.8 Å². The maximum atomic E-state index is 12.5. The first-order valence-corrected chi connectivity index (χ1v) is 8.66. The Morgan fingerprint density at radius 1 is 1.38 bits per heavy atom. The van der Waals surface area contributed by atoms with Gasteiger partial charge in [0.2, 0.25) is 5.91 Å². The molecule has 1 heterocycles. The molecule has 1 saturated carbocycles. The van der Waals surface area contributed by atoms with Gasteiger partial charge in [-0.05, 0) is 36.8 Å². The topological polar surface area (TPSA) is 60.9 Å². The van der Waals surface area contributed by atoms with E-state index in [9.17, 15) is 14.7 Å². The molecule has 0 bridgehead atoms. The molecule has 1 aliphatic heterocycles. The molecule has 5 nitrogen and oxygen atoms in total. The van der Waals surface area contributed by atoms with Gasteiger partial charge in [-0.1, -0.05) is 30.7 Å². The van der Waals surface area contributed by atoms with E-state index in [0.717, 1.165) is 31.4 Å². The number of aliphatic carboxylic acids is 1. The van der Waals surface area contributed by atoms with Gasteiger partial charge in [0.1, 0.15) is 0 Å². The van der Waals surface area contributed by atoms with Gasteiger partial charge in [-0.2, -0.15) is 0 Å². The monoisotopic (exact) mass is 330 g/mol. The van der Waals surface area contributed by atoms with Crippen LogP contribution in [0.25, 0.3) is 0 Å². The van der Waals surface area contributed by atoms with Crippen LogP contribution in [-0.4, -0.2) is 53.5 Å². The fourth-order valence-corrected chi connectivity index (χ4v) is 4.31. The zero-order chi connectivity index (χ0) is 17.3. The lowest BCUT2D eigenvalue weighted by Crippen LogP contribution is -2.40. The molecule has 2 aliphatic rings. The zero-order valence-corrected chi connectivity index (χ0v) is 14.5. The van der Waals surface area contributed by atoms with Gasteiger partial charge in [0, 0.05) is 26.7 Å². The number of amides is 1. The van der Waals surface area contributed by atoms with Gasteiger partial charge in [-0.25, -0.2) is 0 Å². The molecule has 1 amide bonds. The van der Waals surface area contributed by atoms with Crippen molar-refractivity contribution in [3.63, 3.8) is 0 Å². The predicted octanol–water partition coefficient (Wildman–Crippen LogP) is 2.14. The minimum Gasteiger partial charge on any atom is -0.481 e. The largest absolute Gasteiger partial charge is 0.481 e. The Balaban J connectivity index is 1.60. The number of hydrogen-bond donors (Lipinski definition) is 1. The summed E-state index contributed by atoms with van der Waals surface area (Å²) in [7, 11) is 1.82. The minimum atomic E-state index is -0.687. The van der Waals surface area contributed by atoms with Crippen molar-refractivity contribution in [1.82, 2.24) is 9.80 Å². The van der Waals surface area contributed by atoms with E-state index in [0.29, 0.717) is 19.6 Å². The summed E-state index contributed by atoms with van der Waals surface area (Å²) >= 11 is 0. The van der Waals surface area contributed by atoms with Crippen LogP contribution in [0.1, 0.15) is 30.4 Å². The first-order valence-electron chi connectivity index (χ1n) is 8.66. The summed E-state index contributed by atoms with van der Waals surface area (Å²) < 4.78 is 0. The van der Waals surface area contributed by atoms with Crippen LogP contribution in [0.15, 0.2) is 24.3 Å². The summed E-state index contributed by atoms with van der Waals surface area (Å²) in [5.41, 5.74) is 1.71. The summed E-state index contributed by atoms with van der Waals surface area (Å²) in [6, 6.07) is 8.07. The van der Waals surface area contributed by atoms with E-state index in [4.69, 9.17) is 0 Å². The molecule has 1 aromatic carbocycles. The SMILES string of the molecule is Cc1ccccc1CN(C)C(=O)CN1C[C@@H]2CCC[C@@]2(C(=O)O)C1. The van der Waals surface area contributed by atoms with Gasteiger partial charge in [-0.3, -0.25) is 14.5 Å². The lowest BCUT2D eigenvalue weighted by Gasteiger charge is -2.25. The van der Waals surface area contributed by atoms with Crippen molar-refractivity contribution in [3.05, 3.63) is 35.4 Å². The van der Waals surface area contributed by atoms with Gasteiger partial charge in [0.05, 0.1) is 12.0 Å². The third kappa shape index (κ3) is 3.05. The average Bonchev–Trinajstić information content (AvgIpc) is 3.07. The summed E-state index contributed by atoms with van der Waals surface area (Å²) in [5, 5.41) is 9.64. The van der Waals surface area contributed by atoms with Gasteiger partial charge in [-0.15, -0.1) is 0 Å². The van der Waals surface area contributed by atoms with E-state index in [1.54, 1.807) is 4.90 Å². The van der Waals surface area contributed by atoms with Crippen molar-refractivity contribution in [2.45, 2.75) is 32.7 Å². The van der Waals surface area contributed by atoms with E-state index in [1.165, 1.54) is 5.56 Å². The molecule has 0 spiro atoms. The Hall–Kier alpha value is -1.88. The Bertz CT molecular complexity index is 645. The highest BCUT2D eigenvalue weighted by atomic mass is 16.4. The standard InChI is InChI=1S/C19H26N2O3/c1-14-6-3-4-7-15(14)10-20(2)17(22)12-21-11-16-8-5-9-19(16,13-21)18(23)24/h3-4,6-7,16H,5,8-13H2,1-2H3,(H,23,24)/t16-,19+/m0/s1. The van der Waals surface area contributed by atoms with E-state index in [2.05, 4.69) is 0 Å². The Morgan fingerprint density at radius 3 is 2.79 bits per heavy atom. The van der Waals surface area contributed by atoms with Gasteiger partial charge < -0.3 is 10.0 Å². The smallest absolute Gasteiger partial charge is 0.311 e. The molecule has 1 aromatic rings. The third-order valence-electron chi connectivity index (χ3n) is 5.82. The van der Waals surface area contributed by atoms with Crippen LogP contribution in [0.4, 0.5) is 0 Å². The first kappa shape index (κ1) is 17.0. The number of likely N-dealkylation sites (tertiary alicyclic amines) is 1. The molecule has 24 heavy (non-hydrogen) atoms. The number of fused-ring (bicyclic) bond motifs is 1. The summed E-state index contributed by atoms with van der Waals surface area (Å²) in [5.74, 6) is -0.434. The summed E-state index contributed by atoms with van der Waals surface area (Å²) in [6.07, 6.45) is 2.71. The Morgan fingerprint density at radius 2 is 2.12 bits per heavy atom. The van der Waals surface area contributed by atoms with E-state index < -0.39 is 11.4 Å². The number of hydrogen-bond acceptors (Lipinski definition) is 3. The van der Waals surface area contributed by atoms with Crippen LogP contribution >= 0.6 is 0 Å². The average molecular weight is 330 g/mol. The second kappa shape index (κ2) is 6.55. The van der Waals surface area contributed by atoms with E-state index >= 15 is 0 Å². The molecule has 130 valence electrons. The number of carbonyl (C=O) groups is 2. The predicted molar refractivity (Wildman–Crippen MR) is 91.5 cm³/mol. The summed E-state index contributed by atoms with van der Waals surface area (Å²) in [4.78, 5) is 28.0. The van der Waals surface area contributed by atoms with Crippen LogP contribution < -0.4 is 0 Å². The molecule has 2 atom stereocenters. The number of carbonyl (C=O) groups excluding carboxylic acids is 1. The first-order chi connectivity index (χ1) is 11.4. The number of rotatable bonds is 5.